The van der Waals surface area contributed by atoms with Gasteiger partial charge < -0.3 is 14.8 Å². The number of fused-ring (bicyclic) bond motifs is 1. The lowest BCUT2D eigenvalue weighted by Crippen LogP contribution is -2.17. The molecule has 27 heavy (non-hydrogen) atoms. The van der Waals surface area contributed by atoms with Crippen molar-refractivity contribution in [3.05, 3.63) is 52.5 Å². The van der Waals surface area contributed by atoms with E-state index in [0.717, 1.165) is 17.7 Å². The number of carbonyl (C=O) groups excluding carboxylic acids is 1. The van der Waals surface area contributed by atoms with Crippen LogP contribution >= 0.6 is 11.6 Å². The first kappa shape index (κ1) is 18.0. The molecule has 1 heterocycles. The van der Waals surface area contributed by atoms with E-state index in [4.69, 9.17) is 21.1 Å². The van der Waals surface area contributed by atoms with Gasteiger partial charge in [0, 0.05) is 18.1 Å². The maximum Gasteiger partial charge on any atom is 0.416 e. The molecule has 142 valence electrons. The number of rotatable bonds is 3. The van der Waals surface area contributed by atoms with E-state index >= 15 is 0 Å². The number of amides is 1. The molecule has 1 amide bonds. The summed E-state index contributed by atoms with van der Waals surface area (Å²) in [5.74, 6) is 0.419. The smallest absolute Gasteiger partial charge is 0.416 e. The molecule has 2 atom stereocenters. The van der Waals surface area contributed by atoms with Crippen LogP contribution in [-0.4, -0.2) is 19.1 Å². The minimum absolute atomic E-state index is 0.0942. The van der Waals surface area contributed by atoms with Gasteiger partial charge in [0.15, 0.2) is 11.5 Å². The SMILES string of the molecule is O=C(Nc1cc2c(cc1Cl)OCCO2)C1CC1c1ccc(C(F)(F)F)cc1. The Morgan fingerprint density at radius 1 is 1.07 bits per heavy atom. The third-order valence-electron chi connectivity index (χ3n) is 4.68. The normalized spacial score (nSPS) is 20.9. The van der Waals surface area contributed by atoms with Gasteiger partial charge >= 0.3 is 6.18 Å². The van der Waals surface area contributed by atoms with E-state index in [1.165, 1.54) is 12.1 Å². The number of hydrogen-bond acceptors (Lipinski definition) is 3. The van der Waals surface area contributed by atoms with Crippen molar-refractivity contribution in [3.63, 3.8) is 0 Å². The fraction of sp³-hybridized carbons (Fsp3) is 0.316. The molecule has 0 radical (unpaired) electrons. The Bertz CT molecular complexity index is 883. The highest BCUT2D eigenvalue weighted by molar-refractivity contribution is 6.34. The molecule has 2 unspecified atom stereocenters. The summed E-state index contributed by atoms with van der Waals surface area (Å²) in [6, 6.07) is 8.15. The molecule has 2 aromatic rings. The maximum atomic E-state index is 12.6. The predicted octanol–water partition coefficient (Wildman–Crippen LogP) is 4.87. The molecular formula is C19H15ClF3NO3. The summed E-state index contributed by atoms with van der Waals surface area (Å²) in [6.45, 7) is 0.854. The summed E-state index contributed by atoms with van der Waals surface area (Å²) in [6.07, 6.45) is -3.78. The van der Waals surface area contributed by atoms with Crippen molar-refractivity contribution in [2.24, 2.45) is 5.92 Å². The van der Waals surface area contributed by atoms with Gasteiger partial charge in [-0.2, -0.15) is 13.2 Å². The monoisotopic (exact) mass is 397 g/mol. The number of carbonyl (C=O) groups is 1. The summed E-state index contributed by atoms with van der Waals surface area (Å²) in [4.78, 5) is 12.5. The van der Waals surface area contributed by atoms with Crippen molar-refractivity contribution in [2.75, 3.05) is 18.5 Å². The highest BCUT2D eigenvalue weighted by Gasteiger charge is 2.44. The van der Waals surface area contributed by atoms with Crippen molar-refractivity contribution in [2.45, 2.75) is 18.5 Å². The van der Waals surface area contributed by atoms with Crippen LogP contribution < -0.4 is 14.8 Å². The molecule has 2 aliphatic rings. The standard InChI is InChI=1S/C19H15ClF3NO3/c20-14-8-16-17(27-6-5-26-16)9-15(14)24-18(25)13-7-12(13)10-1-3-11(4-2-10)19(21,22)23/h1-4,8-9,12-13H,5-7H2,(H,24,25). The van der Waals surface area contributed by atoms with Crippen LogP contribution in [0.4, 0.5) is 18.9 Å². The summed E-state index contributed by atoms with van der Waals surface area (Å²) >= 11 is 6.19. The average molecular weight is 398 g/mol. The van der Waals surface area contributed by atoms with Crippen molar-refractivity contribution >= 4 is 23.2 Å². The van der Waals surface area contributed by atoms with E-state index in [2.05, 4.69) is 5.32 Å². The zero-order valence-corrected chi connectivity index (χ0v) is 14.7. The first-order chi connectivity index (χ1) is 12.8. The summed E-state index contributed by atoms with van der Waals surface area (Å²) in [5, 5.41) is 3.10. The largest absolute Gasteiger partial charge is 0.486 e. The molecule has 1 N–H and O–H groups in total. The van der Waals surface area contributed by atoms with Crippen molar-refractivity contribution in [3.8, 4) is 11.5 Å². The molecule has 0 aromatic heterocycles. The topological polar surface area (TPSA) is 47.6 Å². The number of anilines is 1. The molecule has 8 heteroatoms. The van der Waals surface area contributed by atoms with Crippen LogP contribution in [0.15, 0.2) is 36.4 Å². The Morgan fingerprint density at radius 3 is 2.33 bits per heavy atom. The van der Waals surface area contributed by atoms with Gasteiger partial charge in [0.2, 0.25) is 5.91 Å². The zero-order chi connectivity index (χ0) is 19.2. The highest BCUT2D eigenvalue weighted by Crippen LogP contribution is 2.49. The number of nitrogens with one attached hydrogen (secondary N) is 1. The highest BCUT2D eigenvalue weighted by atomic mass is 35.5. The number of benzene rings is 2. The van der Waals surface area contributed by atoms with E-state index in [9.17, 15) is 18.0 Å². The lowest BCUT2D eigenvalue weighted by molar-refractivity contribution is -0.137. The number of hydrogen-bond donors (Lipinski definition) is 1. The Hall–Kier alpha value is -2.41. The van der Waals surface area contributed by atoms with Crippen molar-refractivity contribution < 1.29 is 27.4 Å². The van der Waals surface area contributed by atoms with Gasteiger partial charge in [-0.25, -0.2) is 0 Å². The maximum absolute atomic E-state index is 12.6. The van der Waals surface area contributed by atoms with Gasteiger partial charge in [0.05, 0.1) is 16.3 Å². The molecule has 4 nitrogen and oxygen atoms in total. The third-order valence-corrected chi connectivity index (χ3v) is 5.00. The average Bonchev–Trinajstić information content (AvgIpc) is 3.42. The fourth-order valence-corrected chi connectivity index (χ4v) is 3.36. The quantitative estimate of drug-likeness (QED) is 0.803. The second kappa shape index (κ2) is 6.64. The molecule has 4 rings (SSSR count). The number of ether oxygens (including phenoxy) is 2. The first-order valence-corrected chi connectivity index (χ1v) is 8.78. The summed E-state index contributed by atoms with van der Waals surface area (Å²) in [5.41, 5.74) is 0.441. The van der Waals surface area contributed by atoms with E-state index in [1.54, 1.807) is 12.1 Å². The van der Waals surface area contributed by atoms with E-state index in [-0.39, 0.29) is 17.7 Å². The van der Waals surface area contributed by atoms with Gasteiger partial charge in [-0.15, -0.1) is 0 Å². The Kier molecular flexibility index (Phi) is 4.42. The van der Waals surface area contributed by atoms with Gasteiger partial charge in [-0.05, 0) is 30.0 Å². The van der Waals surface area contributed by atoms with Gasteiger partial charge in [-0.3, -0.25) is 4.79 Å². The zero-order valence-electron chi connectivity index (χ0n) is 14.0. The van der Waals surface area contributed by atoms with Crippen LogP contribution in [0.2, 0.25) is 5.02 Å². The van der Waals surface area contributed by atoms with Crippen molar-refractivity contribution in [1.82, 2.24) is 0 Å². The Balaban J connectivity index is 1.43. The summed E-state index contributed by atoms with van der Waals surface area (Å²) in [7, 11) is 0. The van der Waals surface area contributed by atoms with Gasteiger partial charge in [0.1, 0.15) is 13.2 Å². The fourth-order valence-electron chi connectivity index (χ4n) is 3.16. The van der Waals surface area contributed by atoms with Crippen LogP contribution in [0, 0.1) is 5.92 Å². The Morgan fingerprint density at radius 2 is 1.70 bits per heavy atom. The molecule has 0 saturated heterocycles. The van der Waals surface area contributed by atoms with Gasteiger partial charge in [-0.1, -0.05) is 23.7 Å². The Labute approximate surface area is 158 Å². The predicted molar refractivity (Wildman–Crippen MR) is 93.4 cm³/mol. The second-order valence-electron chi connectivity index (χ2n) is 6.53. The molecule has 0 bridgehead atoms. The van der Waals surface area contributed by atoms with E-state index in [1.807, 2.05) is 0 Å². The van der Waals surface area contributed by atoms with E-state index in [0.29, 0.717) is 41.8 Å². The number of halogens is 4. The van der Waals surface area contributed by atoms with Crippen LogP contribution in [0.5, 0.6) is 11.5 Å². The van der Waals surface area contributed by atoms with Crippen LogP contribution in [0.3, 0.4) is 0 Å². The lowest BCUT2D eigenvalue weighted by Gasteiger charge is -2.20. The first-order valence-electron chi connectivity index (χ1n) is 8.40. The van der Waals surface area contributed by atoms with Crippen molar-refractivity contribution in [1.29, 1.82) is 0 Å². The second-order valence-corrected chi connectivity index (χ2v) is 6.94. The minimum Gasteiger partial charge on any atom is -0.486 e. The van der Waals surface area contributed by atoms with Gasteiger partial charge in [0.25, 0.3) is 0 Å². The molecule has 1 aliphatic heterocycles. The molecule has 1 fully saturated rings. The van der Waals surface area contributed by atoms with Crippen LogP contribution in [0.1, 0.15) is 23.5 Å². The molecule has 1 aliphatic carbocycles. The molecule has 2 aromatic carbocycles. The molecular weight excluding hydrogens is 383 g/mol. The number of alkyl halides is 3. The molecule has 0 spiro atoms. The third kappa shape index (κ3) is 3.69. The van der Waals surface area contributed by atoms with Crippen LogP contribution in [0.25, 0.3) is 0 Å². The molecule has 1 saturated carbocycles. The lowest BCUT2D eigenvalue weighted by atomic mass is 10.1. The van der Waals surface area contributed by atoms with Crippen LogP contribution in [-0.2, 0) is 11.0 Å². The minimum atomic E-state index is -4.37. The van der Waals surface area contributed by atoms with E-state index < -0.39 is 11.7 Å². The summed E-state index contributed by atoms with van der Waals surface area (Å²) < 4.78 is 48.8.